The van der Waals surface area contributed by atoms with E-state index in [4.69, 9.17) is 4.74 Å². The van der Waals surface area contributed by atoms with E-state index in [1.165, 1.54) is 0 Å². The first-order valence-corrected chi connectivity index (χ1v) is 11.2. The maximum Gasteiger partial charge on any atom is 0.262 e. The van der Waals surface area contributed by atoms with Gasteiger partial charge in [-0.15, -0.1) is 0 Å². The van der Waals surface area contributed by atoms with Gasteiger partial charge in [-0.1, -0.05) is 0 Å². The predicted octanol–water partition coefficient (Wildman–Crippen LogP) is 3.50. The molecule has 1 fully saturated rings. The fourth-order valence-corrected chi connectivity index (χ4v) is 5.37. The third-order valence-corrected chi connectivity index (χ3v) is 7.54. The zero-order chi connectivity index (χ0) is 21.3. The molecule has 1 amide bonds. The molecule has 0 saturated carbocycles. The van der Waals surface area contributed by atoms with Gasteiger partial charge in [0.2, 0.25) is 0 Å². The fourth-order valence-electron chi connectivity index (χ4n) is 3.70. The molecule has 1 N–H and O–H groups in total. The number of carbonyl (C=O) groups excluding carboxylic acids is 1. The van der Waals surface area contributed by atoms with Crippen LogP contribution in [-0.2, 0) is 14.8 Å². The van der Waals surface area contributed by atoms with Gasteiger partial charge < -0.3 is 9.64 Å². The molecule has 1 aliphatic heterocycles. The van der Waals surface area contributed by atoms with Crippen LogP contribution in [0, 0.1) is 34.6 Å². The van der Waals surface area contributed by atoms with Gasteiger partial charge in [-0.3, -0.25) is 9.52 Å². The summed E-state index contributed by atoms with van der Waals surface area (Å²) in [6.45, 7) is 11.8. The van der Waals surface area contributed by atoms with E-state index in [2.05, 4.69) is 4.72 Å². The van der Waals surface area contributed by atoms with Gasteiger partial charge in [0.1, 0.15) is 0 Å². The van der Waals surface area contributed by atoms with Crippen molar-refractivity contribution in [2.45, 2.75) is 39.5 Å². The highest BCUT2D eigenvalue weighted by molar-refractivity contribution is 7.92. The van der Waals surface area contributed by atoms with Gasteiger partial charge in [0.05, 0.1) is 18.1 Å². The smallest absolute Gasteiger partial charge is 0.262 e. The summed E-state index contributed by atoms with van der Waals surface area (Å²) in [5.41, 5.74) is 5.57. The number of rotatable bonds is 4. The molecule has 156 valence electrons. The largest absolute Gasteiger partial charge is 0.378 e. The van der Waals surface area contributed by atoms with Crippen LogP contribution in [0.2, 0.25) is 0 Å². The van der Waals surface area contributed by atoms with Crippen LogP contribution in [0.4, 0.5) is 5.69 Å². The molecule has 0 bridgehead atoms. The molecule has 1 saturated heterocycles. The van der Waals surface area contributed by atoms with E-state index in [1.807, 2.05) is 34.6 Å². The lowest BCUT2D eigenvalue weighted by atomic mass is 9.95. The molecule has 0 unspecified atom stereocenters. The van der Waals surface area contributed by atoms with E-state index >= 15 is 0 Å². The summed E-state index contributed by atoms with van der Waals surface area (Å²) in [6.07, 6.45) is 0. The minimum absolute atomic E-state index is 0.0702. The predicted molar refractivity (Wildman–Crippen MR) is 114 cm³/mol. The summed E-state index contributed by atoms with van der Waals surface area (Å²) in [7, 11) is -3.75. The van der Waals surface area contributed by atoms with Crippen LogP contribution in [-0.4, -0.2) is 45.5 Å². The van der Waals surface area contributed by atoms with Crippen LogP contribution in [0.3, 0.4) is 0 Å². The molecular formula is C22H28N2O4S. The van der Waals surface area contributed by atoms with E-state index in [0.29, 0.717) is 42.4 Å². The SMILES string of the molecule is Cc1c(C)c(C)c(S(=O)(=O)Nc2ccc(C(=O)N3CCOCC3)cc2)c(C)c1C. The Morgan fingerprint density at radius 3 is 1.86 bits per heavy atom. The average Bonchev–Trinajstić information content (AvgIpc) is 2.71. The van der Waals surface area contributed by atoms with Crippen molar-refractivity contribution in [2.24, 2.45) is 0 Å². The van der Waals surface area contributed by atoms with Crippen molar-refractivity contribution >= 4 is 21.6 Å². The lowest BCUT2D eigenvalue weighted by molar-refractivity contribution is 0.0303. The molecule has 0 spiro atoms. The Morgan fingerprint density at radius 2 is 1.34 bits per heavy atom. The summed E-state index contributed by atoms with van der Waals surface area (Å²) in [6, 6.07) is 6.57. The van der Waals surface area contributed by atoms with Crippen molar-refractivity contribution in [2.75, 3.05) is 31.0 Å². The summed E-state index contributed by atoms with van der Waals surface area (Å²) >= 11 is 0. The summed E-state index contributed by atoms with van der Waals surface area (Å²) < 4.78 is 34.2. The molecule has 0 radical (unpaired) electrons. The number of nitrogens with zero attached hydrogens (tertiary/aromatic N) is 1. The van der Waals surface area contributed by atoms with Crippen molar-refractivity contribution in [3.8, 4) is 0 Å². The van der Waals surface area contributed by atoms with Crippen LogP contribution >= 0.6 is 0 Å². The Kier molecular flexibility index (Phi) is 6.00. The van der Waals surface area contributed by atoms with E-state index in [1.54, 1.807) is 29.2 Å². The van der Waals surface area contributed by atoms with E-state index in [9.17, 15) is 13.2 Å². The van der Waals surface area contributed by atoms with Crippen LogP contribution in [0.25, 0.3) is 0 Å². The third kappa shape index (κ3) is 4.16. The first kappa shape index (κ1) is 21.3. The van der Waals surface area contributed by atoms with Crippen molar-refractivity contribution in [3.63, 3.8) is 0 Å². The Morgan fingerprint density at radius 1 is 0.862 bits per heavy atom. The van der Waals surface area contributed by atoms with E-state index in [0.717, 1.165) is 27.8 Å². The van der Waals surface area contributed by atoms with Gasteiger partial charge in [-0.25, -0.2) is 8.42 Å². The second kappa shape index (κ2) is 8.16. The molecule has 1 aliphatic rings. The van der Waals surface area contributed by atoms with Crippen molar-refractivity contribution < 1.29 is 17.9 Å². The van der Waals surface area contributed by atoms with Crippen LogP contribution < -0.4 is 4.72 Å². The number of benzene rings is 2. The molecule has 7 heteroatoms. The van der Waals surface area contributed by atoms with Crippen LogP contribution in [0.1, 0.15) is 38.2 Å². The van der Waals surface area contributed by atoms with Crippen molar-refractivity contribution in [1.82, 2.24) is 4.90 Å². The van der Waals surface area contributed by atoms with Crippen molar-refractivity contribution in [3.05, 3.63) is 57.6 Å². The van der Waals surface area contributed by atoms with Crippen molar-refractivity contribution in [1.29, 1.82) is 0 Å². The van der Waals surface area contributed by atoms with Gasteiger partial charge in [0.15, 0.2) is 0 Å². The first-order valence-electron chi connectivity index (χ1n) is 9.70. The molecule has 0 aliphatic carbocycles. The number of carbonyl (C=O) groups is 1. The Bertz CT molecular complexity index is 1010. The Hall–Kier alpha value is -2.38. The quantitative estimate of drug-likeness (QED) is 0.828. The molecule has 0 atom stereocenters. The number of sulfonamides is 1. The highest BCUT2D eigenvalue weighted by Crippen LogP contribution is 2.30. The third-order valence-electron chi connectivity index (χ3n) is 5.88. The minimum Gasteiger partial charge on any atom is -0.378 e. The van der Waals surface area contributed by atoms with Gasteiger partial charge in [0.25, 0.3) is 15.9 Å². The molecular weight excluding hydrogens is 388 g/mol. The lowest BCUT2D eigenvalue weighted by Gasteiger charge is -2.26. The summed E-state index contributed by atoms with van der Waals surface area (Å²) in [5.74, 6) is -0.0702. The number of ether oxygens (including phenoxy) is 1. The number of nitrogens with one attached hydrogen (secondary N) is 1. The fraction of sp³-hybridized carbons (Fsp3) is 0.409. The Balaban J connectivity index is 1.86. The second-order valence-corrected chi connectivity index (χ2v) is 9.16. The van der Waals surface area contributed by atoms with Gasteiger partial charge in [-0.2, -0.15) is 0 Å². The maximum atomic E-state index is 13.1. The highest BCUT2D eigenvalue weighted by Gasteiger charge is 2.24. The second-order valence-electron chi connectivity index (χ2n) is 7.54. The maximum absolute atomic E-state index is 13.1. The minimum atomic E-state index is -3.75. The van der Waals surface area contributed by atoms with E-state index < -0.39 is 10.0 Å². The van der Waals surface area contributed by atoms with E-state index in [-0.39, 0.29) is 5.91 Å². The number of hydrogen-bond donors (Lipinski definition) is 1. The Labute approximate surface area is 172 Å². The number of hydrogen-bond acceptors (Lipinski definition) is 4. The molecule has 6 nitrogen and oxygen atoms in total. The van der Waals surface area contributed by atoms with Crippen LogP contribution in [0.5, 0.6) is 0 Å². The van der Waals surface area contributed by atoms with Gasteiger partial charge >= 0.3 is 0 Å². The monoisotopic (exact) mass is 416 g/mol. The first-order chi connectivity index (χ1) is 13.6. The normalized spacial score (nSPS) is 14.7. The topological polar surface area (TPSA) is 75.7 Å². The number of anilines is 1. The highest BCUT2D eigenvalue weighted by atomic mass is 32.2. The molecule has 2 aromatic rings. The van der Waals surface area contributed by atoms with Gasteiger partial charge in [-0.05, 0) is 86.7 Å². The molecule has 3 rings (SSSR count). The summed E-state index contributed by atoms with van der Waals surface area (Å²) in [4.78, 5) is 14.6. The number of amides is 1. The zero-order valence-corrected chi connectivity index (χ0v) is 18.4. The van der Waals surface area contributed by atoms with Crippen LogP contribution in [0.15, 0.2) is 29.2 Å². The molecule has 1 heterocycles. The standard InChI is InChI=1S/C22H28N2O4S/c1-14-15(2)17(4)21(18(5)16(14)3)29(26,27)23-20-8-6-19(7-9-20)22(25)24-10-12-28-13-11-24/h6-9,23H,10-13H2,1-5H3. The molecule has 2 aromatic carbocycles. The lowest BCUT2D eigenvalue weighted by Crippen LogP contribution is -2.40. The molecule has 0 aromatic heterocycles. The van der Waals surface area contributed by atoms with Gasteiger partial charge in [0, 0.05) is 24.3 Å². The number of morpholine rings is 1. The average molecular weight is 417 g/mol. The zero-order valence-electron chi connectivity index (χ0n) is 17.6. The molecule has 29 heavy (non-hydrogen) atoms. The summed E-state index contributed by atoms with van der Waals surface area (Å²) in [5, 5.41) is 0.